The number of rotatable bonds is 18. The smallest absolute Gasteiger partial charge is 0.305 e. The summed E-state index contributed by atoms with van der Waals surface area (Å²) in [4.78, 5) is 48.4. The van der Waals surface area contributed by atoms with Crippen LogP contribution in [0.1, 0.15) is 99.3 Å². The Kier molecular flexibility index (Phi) is 14.3. The van der Waals surface area contributed by atoms with E-state index in [1.165, 1.54) is 25.7 Å². The predicted molar refractivity (Wildman–Crippen MR) is 217 cm³/mol. The van der Waals surface area contributed by atoms with Gasteiger partial charge in [0.1, 0.15) is 11.8 Å². The molecule has 55 heavy (non-hydrogen) atoms. The van der Waals surface area contributed by atoms with Crippen molar-refractivity contribution in [2.24, 2.45) is 0 Å². The molecule has 0 aliphatic rings. The van der Waals surface area contributed by atoms with Crippen molar-refractivity contribution in [3.8, 4) is 28.3 Å². The number of nitrogens with zero attached hydrogens (tertiary/aromatic N) is 2. The number of carbonyl (C=O) groups excluding carboxylic acids is 2. The van der Waals surface area contributed by atoms with E-state index in [9.17, 15) is 19.5 Å². The summed E-state index contributed by atoms with van der Waals surface area (Å²) < 4.78 is 5.91. The maximum atomic E-state index is 13.9. The molecule has 4 aromatic carbocycles. The SMILES string of the molecule is CCCCCCCOc1ccc(-c2cnc(-c3ccc(C[C@H](NC(=O)c4ccc(C(C)(C)C)cc4)C(=O)NC(CC(=O)O)c4ccccc4)cc3)nc2)cc1. The van der Waals surface area contributed by atoms with Crippen LogP contribution in [0.25, 0.3) is 22.5 Å². The first-order chi connectivity index (χ1) is 26.5. The predicted octanol–water partition coefficient (Wildman–Crippen LogP) is 9.13. The highest BCUT2D eigenvalue weighted by molar-refractivity contribution is 5.97. The molecule has 2 amide bonds. The van der Waals surface area contributed by atoms with Crippen molar-refractivity contribution in [2.45, 2.75) is 90.1 Å². The molecular weight excluding hydrogens is 689 g/mol. The summed E-state index contributed by atoms with van der Waals surface area (Å²) in [7, 11) is 0. The molecule has 1 heterocycles. The van der Waals surface area contributed by atoms with Gasteiger partial charge in [-0.3, -0.25) is 14.4 Å². The quantitative estimate of drug-likeness (QED) is 0.0764. The molecule has 0 bridgehead atoms. The monoisotopic (exact) mass is 740 g/mol. The molecular formula is C46H52N4O5. The number of unbranched alkanes of at least 4 members (excludes halogenated alkanes) is 4. The highest BCUT2D eigenvalue weighted by Gasteiger charge is 2.26. The number of amides is 2. The lowest BCUT2D eigenvalue weighted by atomic mass is 9.86. The number of ether oxygens (including phenoxy) is 1. The van der Waals surface area contributed by atoms with Crippen LogP contribution in [0.5, 0.6) is 5.75 Å². The Balaban J connectivity index is 1.27. The van der Waals surface area contributed by atoms with Gasteiger partial charge in [0.25, 0.3) is 5.91 Å². The second-order valence-electron chi connectivity index (χ2n) is 14.9. The van der Waals surface area contributed by atoms with Crippen LogP contribution in [0.4, 0.5) is 0 Å². The van der Waals surface area contributed by atoms with Crippen molar-refractivity contribution in [3.63, 3.8) is 0 Å². The number of aliphatic carboxylic acids is 1. The summed E-state index contributed by atoms with van der Waals surface area (Å²) in [6.07, 6.45) is 9.45. The molecule has 1 unspecified atom stereocenters. The summed E-state index contributed by atoms with van der Waals surface area (Å²) in [6, 6.07) is 30.0. The first-order valence-electron chi connectivity index (χ1n) is 19.1. The lowest BCUT2D eigenvalue weighted by molar-refractivity contribution is -0.137. The van der Waals surface area contributed by atoms with Gasteiger partial charge in [0.05, 0.1) is 19.1 Å². The van der Waals surface area contributed by atoms with Gasteiger partial charge < -0.3 is 20.5 Å². The molecule has 0 saturated carbocycles. The Hall–Kier alpha value is -5.83. The van der Waals surface area contributed by atoms with E-state index >= 15 is 0 Å². The molecule has 0 radical (unpaired) electrons. The van der Waals surface area contributed by atoms with Gasteiger partial charge in [0, 0.05) is 35.5 Å². The number of hydrogen-bond donors (Lipinski definition) is 3. The third-order valence-electron chi connectivity index (χ3n) is 9.54. The maximum Gasteiger partial charge on any atom is 0.305 e. The van der Waals surface area contributed by atoms with Gasteiger partial charge in [-0.25, -0.2) is 9.97 Å². The van der Waals surface area contributed by atoms with Crippen molar-refractivity contribution in [1.82, 2.24) is 20.6 Å². The van der Waals surface area contributed by atoms with E-state index in [2.05, 4.69) is 48.3 Å². The Morgan fingerprint density at radius 3 is 1.98 bits per heavy atom. The molecule has 1 aromatic heterocycles. The molecule has 0 aliphatic carbocycles. The highest BCUT2D eigenvalue weighted by Crippen LogP contribution is 2.25. The molecule has 0 spiro atoms. The number of aromatic nitrogens is 2. The minimum absolute atomic E-state index is 0.0814. The van der Waals surface area contributed by atoms with E-state index < -0.39 is 29.9 Å². The zero-order valence-electron chi connectivity index (χ0n) is 32.3. The maximum absolute atomic E-state index is 13.9. The fourth-order valence-electron chi connectivity index (χ4n) is 6.25. The van der Waals surface area contributed by atoms with Gasteiger partial charge in [-0.1, -0.05) is 132 Å². The Morgan fingerprint density at radius 1 is 0.727 bits per heavy atom. The average Bonchev–Trinajstić information content (AvgIpc) is 3.19. The molecule has 9 heteroatoms. The summed E-state index contributed by atoms with van der Waals surface area (Å²) in [5, 5.41) is 15.4. The third kappa shape index (κ3) is 12.1. The van der Waals surface area contributed by atoms with Crippen molar-refractivity contribution in [2.75, 3.05) is 6.61 Å². The molecule has 0 aliphatic heterocycles. The van der Waals surface area contributed by atoms with Crippen molar-refractivity contribution >= 4 is 17.8 Å². The van der Waals surface area contributed by atoms with Gasteiger partial charge in [-0.15, -0.1) is 0 Å². The first-order valence-corrected chi connectivity index (χ1v) is 19.1. The molecule has 0 saturated heterocycles. The molecule has 5 aromatic rings. The van der Waals surface area contributed by atoms with Gasteiger partial charge in [-0.2, -0.15) is 0 Å². The van der Waals surface area contributed by atoms with E-state index in [1.807, 2.05) is 66.7 Å². The number of carboxylic acid groups (broad SMARTS) is 1. The third-order valence-corrected chi connectivity index (χ3v) is 9.54. The van der Waals surface area contributed by atoms with Gasteiger partial charge in [-0.05, 0) is 58.4 Å². The average molecular weight is 741 g/mol. The Morgan fingerprint density at radius 2 is 1.36 bits per heavy atom. The van der Waals surface area contributed by atoms with E-state index in [4.69, 9.17) is 4.74 Å². The number of benzene rings is 4. The van der Waals surface area contributed by atoms with Gasteiger partial charge in [0.2, 0.25) is 5.91 Å². The fraction of sp³-hybridized carbons (Fsp3) is 0.326. The van der Waals surface area contributed by atoms with Crippen molar-refractivity contribution in [3.05, 3.63) is 138 Å². The summed E-state index contributed by atoms with van der Waals surface area (Å²) >= 11 is 0. The van der Waals surface area contributed by atoms with Crippen molar-refractivity contribution < 1.29 is 24.2 Å². The second kappa shape index (κ2) is 19.5. The Bertz CT molecular complexity index is 1970. The largest absolute Gasteiger partial charge is 0.494 e. The van der Waals surface area contributed by atoms with Crippen LogP contribution in [0.2, 0.25) is 0 Å². The van der Waals surface area contributed by atoms with Crippen LogP contribution in [-0.2, 0) is 21.4 Å². The standard InChI is InChI=1S/C46H52N4O5/c1-5-6-7-8-12-27-55-39-25-21-33(22-26-39)37-30-47-43(48-31-37)35-17-15-32(16-18-35)28-41(50-44(53)36-19-23-38(24-20-36)46(2,3)4)45(54)49-40(29-42(51)52)34-13-10-9-11-14-34/h9-11,13-26,30-31,40-41H,5-8,12,27-29H2,1-4H3,(H,49,54)(H,50,53)(H,51,52)/t40?,41-/m0/s1. The fourth-order valence-corrected chi connectivity index (χ4v) is 6.25. The van der Waals surface area contributed by atoms with Gasteiger partial charge in [0.15, 0.2) is 5.82 Å². The number of hydrogen-bond acceptors (Lipinski definition) is 6. The van der Waals surface area contributed by atoms with E-state index in [0.29, 0.717) is 17.0 Å². The molecule has 3 N–H and O–H groups in total. The van der Waals surface area contributed by atoms with Gasteiger partial charge >= 0.3 is 5.97 Å². The van der Waals surface area contributed by atoms with Crippen LogP contribution in [0, 0.1) is 0 Å². The number of nitrogens with one attached hydrogen (secondary N) is 2. The second-order valence-corrected chi connectivity index (χ2v) is 14.9. The normalized spacial score (nSPS) is 12.4. The van der Waals surface area contributed by atoms with E-state index in [0.717, 1.165) is 46.6 Å². The van der Waals surface area contributed by atoms with Crippen LogP contribution in [0.3, 0.4) is 0 Å². The number of carboxylic acids is 1. The van der Waals surface area contributed by atoms with Crippen LogP contribution < -0.4 is 15.4 Å². The number of carbonyl (C=O) groups is 3. The van der Waals surface area contributed by atoms with Crippen LogP contribution in [-0.4, -0.2) is 45.5 Å². The summed E-state index contributed by atoms with van der Waals surface area (Å²) in [5.41, 5.74) is 5.55. The zero-order valence-corrected chi connectivity index (χ0v) is 32.3. The molecule has 286 valence electrons. The van der Waals surface area contributed by atoms with Crippen LogP contribution in [0.15, 0.2) is 116 Å². The van der Waals surface area contributed by atoms with E-state index in [1.54, 1.807) is 48.8 Å². The lowest BCUT2D eigenvalue weighted by Crippen LogP contribution is -2.49. The lowest BCUT2D eigenvalue weighted by Gasteiger charge is -2.24. The molecule has 2 atom stereocenters. The zero-order chi connectivity index (χ0) is 39.2. The molecule has 5 rings (SSSR count). The van der Waals surface area contributed by atoms with E-state index in [-0.39, 0.29) is 18.3 Å². The minimum Gasteiger partial charge on any atom is -0.494 e. The summed E-state index contributed by atoms with van der Waals surface area (Å²) in [6.45, 7) is 9.23. The molecule has 0 fully saturated rings. The van der Waals surface area contributed by atoms with Crippen LogP contribution >= 0.6 is 0 Å². The topological polar surface area (TPSA) is 131 Å². The Labute approximate surface area is 324 Å². The highest BCUT2D eigenvalue weighted by atomic mass is 16.5. The molecule has 9 nitrogen and oxygen atoms in total. The summed E-state index contributed by atoms with van der Waals surface area (Å²) in [5.74, 6) is -0.535. The van der Waals surface area contributed by atoms with Crippen molar-refractivity contribution in [1.29, 1.82) is 0 Å². The minimum atomic E-state index is -1.05. The first kappa shape index (κ1) is 40.4.